The van der Waals surface area contributed by atoms with Crippen LogP contribution in [0.4, 0.5) is 0 Å². The number of hydrogen-bond acceptors (Lipinski definition) is 4. The SMILES string of the molecule is CN(C)C(=O)[C@@]1(Cc2cccc(-c3ccccc3)c2)CN(C(=O)c2cccnc2)CCO1. The van der Waals surface area contributed by atoms with E-state index in [1.807, 2.05) is 30.3 Å². The molecular formula is C26H27N3O3. The molecule has 0 N–H and O–H groups in total. The molecule has 6 heteroatoms. The number of amides is 2. The van der Waals surface area contributed by atoms with Crippen molar-refractivity contribution < 1.29 is 14.3 Å². The third-order valence-electron chi connectivity index (χ3n) is 5.70. The average Bonchev–Trinajstić information content (AvgIpc) is 2.84. The van der Waals surface area contributed by atoms with Crippen LogP contribution in [0.2, 0.25) is 0 Å². The number of rotatable bonds is 5. The minimum Gasteiger partial charge on any atom is -0.361 e. The maximum absolute atomic E-state index is 13.3. The summed E-state index contributed by atoms with van der Waals surface area (Å²) in [5.74, 6) is -0.290. The second-order valence-electron chi connectivity index (χ2n) is 8.25. The van der Waals surface area contributed by atoms with Crippen LogP contribution in [-0.4, -0.2) is 66.0 Å². The van der Waals surface area contributed by atoms with Crippen molar-refractivity contribution in [3.8, 4) is 11.1 Å². The van der Waals surface area contributed by atoms with Crippen LogP contribution in [0.5, 0.6) is 0 Å². The monoisotopic (exact) mass is 429 g/mol. The van der Waals surface area contributed by atoms with Gasteiger partial charge in [-0.25, -0.2) is 0 Å². The molecule has 1 aromatic heterocycles. The lowest BCUT2D eigenvalue weighted by atomic mass is 9.89. The van der Waals surface area contributed by atoms with E-state index in [0.717, 1.165) is 16.7 Å². The summed E-state index contributed by atoms with van der Waals surface area (Å²) in [5, 5.41) is 0. The zero-order valence-corrected chi connectivity index (χ0v) is 18.4. The highest BCUT2D eigenvalue weighted by atomic mass is 16.5. The summed E-state index contributed by atoms with van der Waals surface area (Å²) in [6.07, 6.45) is 3.56. The molecule has 3 aromatic rings. The normalized spacial score (nSPS) is 18.2. The lowest BCUT2D eigenvalue weighted by Gasteiger charge is -2.43. The Bertz CT molecular complexity index is 1090. The molecule has 0 radical (unpaired) electrons. The highest BCUT2D eigenvalue weighted by Crippen LogP contribution is 2.28. The largest absolute Gasteiger partial charge is 0.361 e. The van der Waals surface area contributed by atoms with Gasteiger partial charge in [0.15, 0.2) is 5.60 Å². The predicted octanol–water partition coefficient (Wildman–Crippen LogP) is 3.29. The zero-order valence-electron chi connectivity index (χ0n) is 18.4. The van der Waals surface area contributed by atoms with Crippen LogP contribution in [0.15, 0.2) is 79.1 Å². The lowest BCUT2D eigenvalue weighted by molar-refractivity contribution is -0.165. The Hall–Kier alpha value is -3.51. The second kappa shape index (κ2) is 9.32. The molecular weight excluding hydrogens is 402 g/mol. The van der Waals surface area contributed by atoms with Gasteiger partial charge in [0.1, 0.15) is 0 Å². The second-order valence-corrected chi connectivity index (χ2v) is 8.25. The molecule has 0 saturated carbocycles. The maximum Gasteiger partial charge on any atom is 0.256 e. The highest BCUT2D eigenvalue weighted by molar-refractivity contribution is 5.95. The Morgan fingerprint density at radius 1 is 1.03 bits per heavy atom. The van der Waals surface area contributed by atoms with Crippen LogP contribution in [0.25, 0.3) is 11.1 Å². The first-order valence-electron chi connectivity index (χ1n) is 10.7. The number of pyridine rings is 1. The number of likely N-dealkylation sites (N-methyl/N-ethyl adjacent to an activating group) is 1. The standard InChI is InChI=1S/C26H27N3O3/c1-28(2)25(31)26(17-20-8-6-11-22(16-20)21-9-4-3-5-10-21)19-29(14-15-32-26)24(30)23-12-7-13-27-18-23/h3-13,16,18H,14-15,17,19H2,1-2H3/t26-/m1/s1. The molecule has 0 aliphatic carbocycles. The summed E-state index contributed by atoms with van der Waals surface area (Å²) >= 11 is 0. The van der Waals surface area contributed by atoms with Crippen LogP contribution < -0.4 is 0 Å². The number of morpholine rings is 1. The molecule has 1 saturated heterocycles. The molecule has 164 valence electrons. The van der Waals surface area contributed by atoms with Gasteiger partial charge in [0.2, 0.25) is 0 Å². The summed E-state index contributed by atoms with van der Waals surface area (Å²) in [5.41, 5.74) is 2.54. The molecule has 0 unspecified atom stereocenters. The van der Waals surface area contributed by atoms with Crippen molar-refractivity contribution in [2.45, 2.75) is 12.0 Å². The number of aromatic nitrogens is 1. The van der Waals surface area contributed by atoms with Gasteiger partial charge in [-0.05, 0) is 28.8 Å². The molecule has 1 aliphatic heterocycles. The fourth-order valence-electron chi connectivity index (χ4n) is 4.17. The summed E-state index contributed by atoms with van der Waals surface area (Å²) < 4.78 is 6.15. The van der Waals surface area contributed by atoms with E-state index in [-0.39, 0.29) is 18.4 Å². The minimum absolute atomic E-state index is 0.143. The van der Waals surface area contributed by atoms with Crippen molar-refractivity contribution in [2.24, 2.45) is 0 Å². The quantitative estimate of drug-likeness (QED) is 0.624. The van der Waals surface area contributed by atoms with Gasteiger partial charge in [-0.15, -0.1) is 0 Å². The molecule has 2 amide bonds. The lowest BCUT2D eigenvalue weighted by Crippen LogP contribution is -2.61. The van der Waals surface area contributed by atoms with Gasteiger partial charge in [0.05, 0.1) is 18.7 Å². The molecule has 0 spiro atoms. The third-order valence-corrected chi connectivity index (χ3v) is 5.70. The molecule has 32 heavy (non-hydrogen) atoms. The summed E-state index contributed by atoms with van der Waals surface area (Å²) in [4.78, 5) is 33.7. The number of carbonyl (C=O) groups excluding carboxylic acids is 2. The summed E-state index contributed by atoms with van der Waals surface area (Å²) in [6, 6.07) is 21.7. The van der Waals surface area contributed by atoms with Crippen LogP contribution in [0.3, 0.4) is 0 Å². The van der Waals surface area contributed by atoms with Crippen molar-refractivity contribution in [3.05, 3.63) is 90.3 Å². The predicted molar refractivity (Wildman–Crippen MR) is 123 cm³/mol. The average molecular weight is 430 g/mol. The smallest absolute Gasteiger partial charge is 0.256 e. The topological polar surface area (TPSA) is 62.7 Å². The third kappa shape index (κ3) is 4.55. The zero-order chi connectivity index (χ0) is 22.6. The number of nitrogens with zero attached hydrogens (tertiary/aromatic N) is 3. The van der Waals surface area contributed by atoms with Gasteiger partial charge < -0.3 is 14.5 Å². The van der Waals surface area contributed by atoms with Crippen molar-refractivity contribution in [1.29, 1.82) is 0 Å². The van der Waals surface area contributed by atoms with E-state index < -0.39 is 5.60 Å². The van der Waals surface area contributed by atoms with Crippen LogP contribution >= 0.6 is 0 Å². The Balaban J connectivity index is 1.64. The van der Waals surface area contributed by atoms with E-state index in [1.165, 1.54) is 0 Å². The van der Waals surface area contributed by atoms with Crippen LogP contribution in [-0.2, 0) is 16.0 Å². The molecule has 1 fully saturated rings. The van der Waals surface area contributed by atoms with Crippen molar-refractivity contribution >= 4 is 11.8 Å². The molecule has 6 nitrogen and oxygen atoms in total. The first-order chi connectivity index (χ1) is 15.5. The Morgan fingerprint density at radius 3 is 2.53 bits per heavy atom. The molecule has 0 bridgehead atoms. The molecule has 2 heterocycles. The van der Waals surface area contributed by atoms with Gasteiger partial charge in [-0.1, -0.05) is 54.6 Å². The Kier molecular flexibility index (Phi) is 6.32. The van der Waals surface area contributed by atoms with Crippen LogP contribution in [0.1, 0.15) is 15.9 Å². The van der Waals surface area contributed by atoms with Gasteiger partial charge >= 0.3 is 0 Å². The van der Waals surface area contributed by atoms with Gasteiger partial charge in [0.25, 0.3) is 11.8 Å². The molecule has 4 rings (SSSR count). The van der Waals surface area contributed by atoms with Gasteiger partial charge in [-0.2, -0.15) is 0 Å². The first-order valence-corrected chi connectivity index (χ1v) is 10.7. The van der Waals surface area contributed by atoms with E-state index in [0.29, 0.717) is 25.1 Å². The number of hydrogen-bond donors (Lipinski definition) is 0. The number of benzene rings is 2. The van der Waals surface area contributed by atoms with E-state index in [9.17, 15) is 9.59 Å². The summed E-state index contributed by atoms with van der Waals surface area (Å²) in [7, 11) is 3.44. The molecule has 2 aromatic carbocycles. The van der Waals surface area contributed by atoms with E-state index in [4.69, 9.17) is 4.74 Å². The van der Waals surface area contributed by atoms with Crippen molar-refractivity contribution in [3.63, 3.8) is 0 Å². The molecule has 1 aliphatic rings. The van der Waals surface area contributed by atoms with Gasteiger partial charge in [0, 0.05) is 39.5 Å². The summed E-state index contributed by atoms with van der Waals surface area (Å²) in [6.45, 7) is 0.914. The molecule has 1 atom stereocenters. The Labute approximate surface area is 188 Å². The van der Waals surface area contributed by atoms with E-state index in [1.54, 1.807) is 48.4 Å². The van der Waals surface area contributed by atoms with Crippen molar-refractivity contribution in [1.82, 2.24) is 14.8 Å². The number of carbonyl (C=O) groups is 2. The van der Waals surface area contributed by atoms with Crippen LogP contribution in [0, 0.1) is 0 Å². The number of ether oxygens (including phenoxy) is 1. The fourth-order valence-corrected chi connectivity index (χ4v) is 4.17. The van der Waals surface area contributed by atoms with E-state index in [2.05, 4.69) is 29.2 Å². The Morgan fingerprint density at radius 2 is 1.81 bits per heavy atom. The highest BCUT2D eigenvalue weighted by Gasteiger charge is 2.46. The van der Waals surface area contributed by atoms with Gasteiger partial charge in [-0.3, -0.25) is 14.6 Å². The van der Waals surface area contributed by atoms with Crippen molar-refractivity contribution in [2.75, 3.05) is 33.8 Å². The first kappa shape index (κ1) is 21.7. The maximum atomic E-state index is 13.3. The van der Waals surface area contributed by atoms with E-state index >= 15 is 0 Å². The minimum atomic E-state index is -1.14. The fraction of sp³-hybridized carbons (Fsp3) is 0.269.